The molecular weight excluding hydrogens is 314 g/mol. The van der Waals surface area contributed by atoms with E-state index in [1.165, 1.54) is 16.8 Å². The van der Waals surface area contributed by atoms with Gasteiger partial charge in [-0.3, -0.25) is 4.79 Å². The van der Waals surface area contributed by atoms with Crippen molar-refractivity contribution in [1.82, 2.24) is 15.1 Å². The van der Waals surface area contributed by atoms with Crippen molar-refractivity contribution in [3.05, 3.63) is 29.3 Å². The molecular formula is C19H31N5O. The number of nitrogens with one attached hydrogen (secondary N) is 1. The third-order valence-electron chi connectivity index (χ3n) is 4.69. The first-order valence-electron chi connectivity index (χ1n) is 8.98. The van der Waals surface area contributed by atoms with Crippen molar-refractivity contribution in [2.75, 3.05) is 58.3 Å². The lowest BCUT2D eigenvalue weighted by molar-refractivity contribution is -0.127. The van der Waals surface area contributed by atoms with Gasteiger partial charge in [-0.2, -0.15) is 0 Å². The van der Waals surface area contributed by atoms with E-state index < -0.39 is 0 Å². The number of piperazine rings is 1. The molecule has 138 valence electrons. The van der Waals surface area contributed by atoms with E-state index in [2.05, 4.69) is 59.1 Å². The van der Waals surface area contributed by atoms with Gasteiger partial charge >= 0.3 is 0 Å². The molecule has 0 aromatic heterocycles. The number of aliphatic imine (C=N–C) groups is 1. The van der Waals surface area contributed by atoms with E-state index >= 15 is 0 Å². The monoisotopic (exact) mass is 345 g/mol. The van der Waals surface area contributed by atoms with Gasteiger partial charge in [-0.25, -0.2) is 4.99 Å². The molecule has 0 unspecified atom stereocenters. The minimum atomic E-state index is 0.0180. The van der Waals surface area contributed by atoms with Crippen molar-refractivity contribution >= 4 is 17.6 Å². The Morgan fingerprint density at radius 3 is 2.48 bits per heavy atom. The molecule has 0 radical (unpaired) electrons. The minimum absolute atomic E-state index is 0.0180. The third kappa shape index (κ3) is 4.87. The van der Waals surface area contributed by atoms with Gasteiger partial charge in [-0.05, 0) is 38.0 Å². The molecule has 0 saturated carbocycles. The number of anilines is 1. The van der Waals surface area contributed by atoms with E-state index in [1.54, 1.807) is 19.0 Å². The molecule has 0 spiro atoms. The highest BCUT2D eigenvalue weighted by atomic mass is 16.2. The topological polar surface area (TPSA) is 51.2 Å². The summed E-state index contributed by atoms with van der Waals surface area (Å²) in [6, 6.07) is 6.49. The first kappa shape index (κ1) is 19.1. The summed E-state index contributed by atoms with van der Waals surface area (Å²) in [5.41, 5.74) is 4.01. The van der Waals surface area contributed by atoms with Crippen molar-refractivity contribution in [2.45, 2.75) is 20.8 Å². The second-order valence-electron chi connectivity index (χ2n) is 6.65. The molecule has 1 saturated heterocycles. The fourth-order valence-corrected chi connectivity index (χ4v) is 2.95. The zero-order chi connectivity index (χ0) is 18.4. The van der Waals surface area contributed by atoms with Crippen LogP contribution >= 0.6 is 0 Å². The molecule has 6 heteroatoms. The van der Waals surface area contributed by atoms with E-state index in [4.69, 9.17) is 0 Å². The Kier molecular flexibility index (Phi) is 6.67. The fraction of sp³-hybridized carbons (Fsp3) is 0.579. The largest absolute Gasteiger partial charge is 0.368 e. The van der Waals surface area contributed by atoms with Crippen molar-refractivity contribution in [3.8, 4) is 0 Å². The number of aryl methyl sites for hydroxylation is 1. The zero-order valence-corrected chi connectivity index (χ0v) is 16.2. The second kappa shape index (κ2) is 8.74. The number of guanidine groups is 1. The average Bonchev–Trinajstić information content (AvgIpc) is 2.61. The van der Waals surface area contributed by atoms with Crippen LogP contribution in [0.2, 0.25) is 0 Å². The van der Waals surface area contributed by atoms with Crippen LogP contribution in [0.1, 0.15) is 18.1 Å². The molecule has 0 bridgehead atoms. The highest BCUT2D eigenvalue weighted by molar-refractivity contribution is 5.85. The van der Waals surface area contributed by atoms with E-state index in [0.717, 1.165) is 38.7 Å². The smallest absolute Gasteiger partial charge is 0.243 e. The quantitative estimate of drug-likeness (QED) is 0.663. The van der Waals surface area contributed by atoms with Crippen LogP contribution in [0.5, 0.6) is 0 Å². The molecule has 2 rings (SSSR count). The van der Waals surface area contributed by atoms with Crippen molar-refractivity contribution in [3.63, 3.8) is 0 Å². The Morgan fingerprint density at radius 2 is 1.88 bits per heavy atom. The Balaban J connectivity index is 2.02. The minimum Gasteiger partial charge on any atom is -0.368 e. The standard InChI is InChI=1S/C19H31N5O/c1-6-20-19(21-14-18(25)22(4)5)24-12-10-23(11-13-24)17-9-7-8-15(2)16(17)3/h7-9H,6,10-14H2,1-5H3,(H,20,21). The molecule has 0 aliphatic carbocycles. The second-order valence-corrected chi connectivity index (χ2v) is 6.65. The van der Waals surface area contributed by atoms with Crippen molar-refractivity contribution < 1.29 is 4.79 Å². The first-order valence-corrected chi connectivity index (χ1v) is 8.98. The number of hydrogen-bond acceptors (Lipinski definition) is 3. The van der Waals surface area contributed by atoms with Crippen LogP contribution in [0.3, 0.4) is 0 Å². The lowest BCUT2D eigenvalue weighted by atomic mass is 10.1. The molecule has 1 amide bonds. The van der Waals surface area contributed by atoms with Gasteiger partial charge in [0, 0.05) is 52.5 Å². The van der Waals surface area contributed by atoms with Crippen LogP contribution in [0.25, 0.3) is 0 Å². The molecule has 25 heavy (non-hydrogen) atoms. The number of nitrogens with zero attached hydrogens (tertiary/aromatic N) is 4. The Hall–Kier alpha value is -2.24. The summed E-state index contributed by atoms with van der Waals surface area (Å²) >= 11 is 0. The summed E-state index contributed by atoms with van der Waals surface area (Å²) < 4.78 is 0. The Labute approximate surface area is 151 Å². The maximum Gasteiger partial charge on any atom is 0.243 e. The number of carbonyl (C=O) groups excluding carboxylic acids is 1. The number of hydrogen-bond donors (Lipinski definition) is 1. The first-order chi connectivity index (χ1) is 11.9. The molecule has 1 aromatic carbocycles. The van der Waals surface area contributed by atoms with E-state index in [9.17, 15) is 4.79 Å². The SMILES string of the molecule is CCNC(=NCC(=O)N(C)C)N1CCN(c2cccc(C)c2C)CC1. The molecule has 1 aliphatic heterocycles. The Bertz CT molecular complexity index is 618. The lowest BCUT2D eigenvalue weighted by Gasteiger charge is -2.38. The highest BCUT2D eigenvalue weighted by Gasteiger charge is 2.21. The van der Waals surface area contributed by atoms with E-state index in [-0.39, 0.29) is 12.5 Å². The van der Waals surface area contributed by atoms with Gasteiger partial charge in [0.15, 0.2) is 5.96 Å². The van der Waals surface area contributed by atoms with Gasteiger partial charge in [0.2, 0.25) is 5.91 Å². The summed E-state index contributed by atoms with van der Waals surface area (Å²) in [4.78, 5) is 22.6. The van der Waals surface area contributed by atoms with Gasteiger partial charge in [0.25, 0.3) is 0 Å². The van der Waals surface area contributed by atoms with Crippen LogP contribution in [0.15, 0.2) is 23.2 Å². The summed E-state index contributed by atoms with van der Waals surface area (Å²) in [5.74, 6) is 0.850. The van der Waals surface area contributed by atoms with Crippen LogP contribution in [-0.4, -0.2) is 75.0 Å². The average molecular weight is 345 g/mol. The normalized spacial score (nSPS) is 15.3. The molecule has 6 nitrogen and oxygen atoms in total. The van der Waals surface area contributed by atoms with Gasteiger partial charge in [0.05, 0.1) is 0 Å². The number of benzene rings is 1. The van der Waals surface area contributed by atoms with Crippen LogP contribution < -0.4 is 10.2 Å². The number of amides is 1. The number of rotatable bonds is 4. The molecule has 1 fully saturated rings. The summed E-state index contributed by atoms with van der Waals surface area (Å²) in [6.07, 6.45) is 0. The van der Waals surface area contributed by atoms with Gasteiger partial charge < -0.3 is 20.0 Å². The van der Waals surface area contributed by atoms with Crippen LogP contribution in [0, 0.1) is 13.8 Å². The molecule has 1 N–H and O–H groups in total. The number of carbonyl (C=O) groups is 1. The van der Waals surface area contributed by atoms with Gasteiger partial charge in [0.1, 0.15) is 6.54 Å². The Morgan fingerprint density at radius 1 is 1.20 bits per heavy atom. The van der Waals surface area contributed by atoms with Crippen molar-refractivity contribution in [1.29, 1.82) is 0 Å². The summed E-state index contributed by atoms with van der Waals surface area (Å²) in [6.45, 7) is 11.1. The fourth-order valence-electron chi connectivity index (χ4n) is 2.95. The van der Waals surface area contributed by atoms with E-state index in [1.807, 2.05) is 0 Å². The van der Waals surface area contributed by atoms with Crippen LogP contribution in [-0.2, 0) is 4.79 Å². The van der Waals surface area contributed by atoms with Gasteiger partial charge in [-0.15, -0.1) is 0 Å². The maximum absolute atomic E-state index is 11.8. The molecule has 1 heterocycles. The summed E-state index contributed by atoms with van der Waals surface area (Å²) in [7, 11) is 3.52. The predicted octanol–water partition coefficient (Wildman–Crippen LogP) is 1.48. The van der Waals surface area contributed by atoms with E-state index in [0.29, 0.717) is 0 Å². The predicted molar refractivity (Wildman–Crippen MR) is 104 cm³/mol. The van der Waals surface area contributed by atoms with Gasteiger partial charge in [-0.1, -0.05) is 12.1 Å². The number of likely N-dealkylation sites (N-methyl/N-ethyl adjacent to an activating group) is 1. The zero-order valence-electron chi connectivity index (χ0n) is 16.2. The lowest BCUT2D eigenvalue weighted by Crippen LogP contribution is -2.53. The van der Waals surface area contributed by atoms with Crippen molar-refractivity contribution in [2.24, 2.45) is 4.99 Å². The summed E-state index contributed by atoms with van der Waals surface area (Å²) in [5, 5.41) is 3.31. The third-order valence-corrected chi connectivity index (χ3v) is 4.69. The highest BCUT2D eigenvalue weighted by Crippen LogP contribution is 2.23. The maximum atomic E-state index is 11.8. The molecule has 1 aromatic rings. The van der Waals surface area contributed by atoms with Crippen LogP contribution in [0.4, 0.5) is 5.69 Å². The molecule has 1 aliphatic rings. The molecule has 0 atom stereocenters.